The Kier molecular flexibility index (Phi) is 3.22. The van der Waals surface area contributed by atoms with Crippen molar-refractivity contribution < 1.29 is 0 Å². The standard InChI is InChI=1S/C9H10IN5O/c1-15-6(2-3-14-15)4-11-8-7(10)9(16)13-5-12-8/h2-3,5H,4H2,1H3,(H2,11,12,13,16). The van der Waals surface area contributed by atoms with Gasteiger partial charge < -0.3 is 10.3 Å². The Morgan fingerprint density at radius 2 is 2.44 bits per heavy atom. The van der Waals surface area contributed by atoms with Crippen LogP contribution in [0.2, 0.25) is 0 Å². The molecule has 0 saturated carbocycles. The predicted octanol–water partition coefficient (Wildman–Crippen LogP) is 0.720. The number of nitrogens with zero attached hydrogens (tertiary/aromatic N) is 3. The minimum atomic E-state index is -0.136. The molecule has 2 N–H and O–H groups in total. The molecule has 2 rings (SSSR count). The van der Waals surface area contributed by atoms with Crippen LogP contribution in [0, 0.1) is 3.57 Å². The zero-order valence-corrected chi connectivity index (χ0v) is 10.7. The van der Waals surface area contributed by atoms with E-state index in [2.05, 4.69) is 20.4 Å². The molecular weight excluding hydrogens is 321 g/mol. The Morgan fingerprint density at radius 1 is 1.62 bits per heavy atom. The summed E-state index contributed by atoms with van der Waals surface area (Å²) in [5.41, 5.74) is 0.890. The fraction of sp³-hybridized carbons (Fsp3) is 0.222. The van der Waals surface area contributed by atoms with Gasteiger partial charge in [-0.25, -0.2) is 4.98 Å². The number of rotatable bonds is 3. The quantitative estimate of drug-likeness (QED) is 0.813. The number of H-pyrrole nitrogens is 1. The maximum absolute atomic E-state index is 11.3. The van der Waals surface area contributed by atoms with Gasteiger partial charge >= 0.3 is 0 Å². The highest BCUT2D eigenvalue weighted by molar-refractivity contribution is 14.1. The molecule has 0 fully saturated rings. The molecule has 2 heterocycles. The molecule has 0 amide bonds. The van der Waals surface area contributed by atoms with Crippen molar-refractivity contribution in [3.63, 3.8) is 0 Å². The van der Waals surface area contributed by atoms with E-state index in [1.807, 2.05) is 35.7 Å². The molecule has 0 spiro atoms. The van der Waals surface area contributed by atoms with Crippen molar-refractivity contribution >= 4 is 28.4 Å². The molecule has 0 atom stereocenters. The van der Waals surface area contributed by atoms with Crippen molar-refractivity contribution in [2.75, 3.05) is 5.32 Å². The van der Waals surface area contributed by atoms with Gasteiger partial charge in [-0.2, -0.15) is 5.10 Å². The van der Waals surface area contributed by atoms with E-state index in [9.17, 15) is 4.79 Å². The van der Waals surface area contributed by atoms with Crippen molar-refractivity contribution in [1.29, 1.82) is 0 Å². The highest BCUT2D eigenvalue weighted by atomic mass is 127. The second-order valence-corrected chi connectivity index (χ2v) is 4.27. The Morgan fingerprint density at radius 3 is 3.12 bits per heavy atom. The molecule has 0 aromatic carbocycles. The first-order valence-electron chi connectivity index (χ1n) is 4.62. The van der Waals surface area contributed by atoms with Gasteiger partial charge in [0, 0.05) is 13.2 Å². The van der Waals surface area contributed by atoms with Crippen molar-refractivity contribution in [1.82, 2.24) is 19.7 Å². The van der Waals surface area contributed by atoms with Gasteiger partial charge in [-0.1, -0.05) is 0 Å². The number of aryl methyl sites for hydroxylation is 1. The molecule has 84 valence electrons. The minimum Gasteiger partial charge on any atom is -0.363 e. The van der Waals surface area contributed by atoms with Gasteiger partial charge in [-0.05, 0) is 28.7 Å². The van der Waals surface area contributed by atoms with Crippen LogP contribution in [-0.2, 0) is 13.6 Å². The molecule has 0 aliphatic heterocycles. The van der Waals surface area contributed by atoms with E-state index in [1.54, 1.807) is 10.9 Å². The number of anilines is 1. The lowest BCUT2D eigenvalue weighted by atomic mass is 10.4. The average Bonchev–Trinajstić information content (AvgIpc) is 2.67. The third-order valence-corrected chi connectivity index (χ3v) is 3.16. The second-order valence-electron chi connectivity index (χ2n) is 3.19. The van der Waals surface area contributed by atoms with E-state index < -0.39 is 0 Å². The third-order valence-electron chi connectivity index (χ3n) is 2.16. The summed E-state index contributed by atoms with van der Waals surface area (Å²) in [7, 11) is 1.87. The smallest absolute Gasteiger partial charge is 0.266 e. The maximum Gasteiger partial charge on any atom is 0.266 e. The van der Waals surface area contributed by atoms with E-state index in [-0.39, 0.29) is 5.56 Å². The first-order valence-corrected chi connectivity index (χ1v) is 5.70. The van der Waals surface area contributed by atoms with Gasteiger partial charge in [0.1, 0.15) is 9.39 Å². The fourth-order valence-electron chi connectivity index (χ4n) is 1.26. The lowest BCUT2D eigenvalue weighted by Gasteiger charge is -2.06. The number of hydrogen-bond acceptors (Lipinski definition) is 4. The molecule has 0 bridgehead atoms. The van der Waals surface area contributed by atoms with Crippen LogP contribution in [-0.4, -0.2) is 19.7 Å². The molecule has 0 radical (unpaired) electrons. The monoisotopic (exact) mass is 331 g/mol. The van der Waals surface area contributed by atoms with Crippen LogP contribution in [0.5, 0.6) is 0 Å². The number of aromatic nitrogens is 4. The van der Waals surface area contributed by atoms with Gasteiger partial charge in [-0.3, -0.25) is 9.48 Å². The van der Waals surface area contributed by atoms with Gasteiger partial charge in [-0.15, -0.1) is 0 Å². The second kappa shape index (κ2) is 4.64. The molecular formula is C9H10IN5O. The van der Waals surface area contributed by atoms with E-state index in [1.165, 1.54) is 6.33 Å². The summed E-state index contributed by atoms with van der Waals surface area (Å²) in [6, 6.07) is 1.91. The average molecular weight is 331 g/mol. The molecule has 0 aliphatic carbocycles. The Balaban J connectivity index is 2.14. The molecule has 6 nitrogen and oxygen atoms in total. The van der Waals surface area contributed by atoms with E-state index in [0.29, 0.717) is 15.9 Å². The number of hydrogen-bond donors (Lipinski definition) is 2. The van der Waals surface area contributed by atoms with Gasteiger partial charge in [0.05, 0.1) is 18.6 Å². The topological polar surface area (TPSA) is 75.6 Å². The van der Waals surface area contributed by atoms with Crippen LogP contribution in [0.4, 0.5) is 5.82 Å². The van der Waals surface area contributed by atoms with Gasteiger partial charge in [0.2, 0.25) is 0 Å². The summed E-state index contributed by atoms with van der Waals surface area (Å²) < 4.78 is 2.33. The highest BCUT2D eigenvalue weighted by Gasteiger charge is 2.05. The SMILES string of the molecule is Cn1nccc1CNc1nc[nH]c(=O)c1I. The normalized spacial score (nSPS) is 10.4. The van der Waals surface area contributed by atoms with Crippen LogP contribution in [0.1, 0.15) is 5.69 Å². The van der Waals surface area contributed by atoms with Crippen LogP contribution in [0.3, 0.4) is 0 Å². The summed E-state index contributed by atoms with van der Waals surface area (Å²) in [5, 5.41) is 7.15. The fourth-order valence-corrected chi connectivity index (χ4v) is 1.74. The van der Waals surface area contributed by atoms with Crippen LogP contribution < -0.4 is 10.9 Å². The molecule has 16 heavy (non-hydrogen) atoms. The van der Waals surface area contributed by atoms with Crippen LogP contribution in [0.25, 0.3) is 0 Å². The van der Waals surface area contributed by atoms with E-state index >= 15 is 0 Å². The Bertz CT molecular complexity index is 547. The van der Waals surface area contributed by atoms with E-state index in [0.717, 1.165) is 5.69 Å². The molecule has 2 aromatic rings. The number of aromatic amines is 1. The van der Waals surface area contributed by atoms with Crippen LogP contribution in [0.15, 0.2) is 23.4 Å². The molecule has 0 unspecified atom stereocenters. The lowest BCUT2D eigenvalue weighted by Crippen LogP contribution is -2.15. The first-order chi connectivity index (χ1) is 7.68. The first kappa shape index (κ1) is 11.1. The zero-order chi connectivity index (χ0) is 11.5. The summed E-state index contributed by atoms with van der Waals surface area (Å²) in [6.45, 7) is 0.586. The third kappa shape index (κ3) is 2.23. The van der Waals surface area contributed by atoms with Crippen molar-refractivity contribution in [2.24, 2.45) is 7.05 Å². The largest absolute Gasteiger partial charge is 0.363 e. The van der Waals surface area contributed by atoms with E-state index in [4.69, 9.17) is 0 Å². The van der Waals surface area contributed by atoms with Crippen LogP contribution >= 0.6 is 22.6 Å². The number of halogens is 1. The zero-order valence-electron chi connectivity index (χ0n) is 8.57. The minimum absolute atomic E-state index is 0.136. The molecule has 7 heteroatoms. The molecule has 2 aromatic heterocycles. The summed E-state index contributed by atoms with van der Waals surface area (Å²) in [6.07, 6.45) is 3.11. The summed E-state index contributed by atoms with van der Waals surface area (Å²) in [5.74, 6) is 0.588. The summed E-state index contributed by atoms with van der Waals surface area (Å²) in [4.78, 5) is 17.9. The maximum atomic E-state index is 11.3. The lowest BCUT2D eigenvalue weighted by molar-refractivity contribution is 0.719. The Labute approximate surface area is 105 Å². The Hall–Kier alpha value is -1.38. The number of nitrogens with one attached hydrogen (secondary N) is 2. The predicted molar refractivity (Wildman–Crippen MR) is 68.1 cm³/mol. The van der Waals surface area contributed by atoms with Gasteiger partial charge in [0.25, 0.3) is 5.56 Å². The van der Waals surface area contributed by atoms with Gasteiger partial charge in [0.15, 0.2) is 0 Å². The summed E-state index contributed by atoms with van der Waals surface area (Å²) >= 11 is 1.96. The van der Waals surface area contributed by atoms with Crippen molar-refractivity contribution in [3.05, 3.63) is 38.2 Å². The van der Waals surface area contributed by atoms with Crippen molar-refractivity contribution in [2.45, 2.75) is 6.54 Å². The highest BCUT2D eigenvalue weighted by Crippen LogP contribution is 2.10. The molecule has 0 aliphatic rings. The van der Waals surface area contributed by atoms with Crippen molar-refractivity contribution in [3.8, 4) is 0 Å². The molecule has 0 saturated heterocycles.